The van der Waals surface area contributed by atoms with Crippen molar-refractivity contribution in [1.82, 2.24) is 0 Å². The topological polar surface area (TPSA) is 17.1 Å². The van der Waals surface area contributed by atoms with E-state index in [1.165, 1.54) is 16.7 Å². The molecule has 0 heterocycles. The number of aryl methyl sites for hydroxylation is 3. The molecule has 0 aliphatic carbocycles. The molecule has 3 rings (SSSR count). The Hall–Kier alpha value is -2.11. The van der Waals surface area contributed by atoms with Gasteiger partial charge in [-0.15, -0.1) is 0 Å². The van der Waals surface area contributed by atoms with Gasteiger partial charge in [0.1, 0.15) is 0 Å². The van der Waals surface area contributed by atoms with E-state index in [1.54, 1.807) is 0 Å². The van der Waals surface area contributed by atoms with E-state index < -0.39 is 7.14 Å². The molecule has 0 N–H and O–H groups in total. The standard InChI is InChI=1S/C24H27OP/c1-4-19-7-13-22(14-8-19)26(25,23-15-9-20(5-2)10-16-23)24-17-11-21(6-3)12-18-24/h7-18H,4-6H2,1-3H3. The molecule has 3 aromatic rings. The minimum absolute atomic E-state index is 0.906. The van der Waals surface area contributed by atoms with E-state index in [0.717, 1.165) is 35.2 Å². The molecular formula is C24H27OP. The van der Waals surface area contributed by atoms with Crippen molar-refractivity contribution in [3.63, 3.8) is 0 Å². The lowest BCUT2D eigenvalue weighted by molar-refractivity contribution is 0.592. The predicted octanol–water partition coefficient (Wildman–Crippen LogP) is 5.01. The third-order valence-corrected chi connectivity index (χ3v) is 8.20. The average Bonchev–Trinajstić information content (AvgIpc) is 2.73. The van der Waals surface area contributed by atoms with Crippen LogP contribution < -0.4 is 15.9 Å². The van der Waals surface area contributed by atoms with Crippen LogP contribution in [0.1, 0.15) is 37.5 Å². The van der Waals surface area contributed by atoms with Gasteiger partial charge < -0.3 is 4.57 Å². The Morgan fingerprint density at radius 3 is 0.923 bits per heavy atom. The van der Waals surface area contributed by atoms with Crippen molar-refractivity contribution in [2.24, 2.45) is 0 Å². The molecule has 0 saturated carbocycles. The lowest BCUT2D eigenvalue weighted by Crippen LogP contribution is -2.25. The summed E-state index contributed by atoms with van der Waals surface area (Å²) in [5.74, 6) is 0. The first-order valence-electron chi connectivity index (χ1n) is 9.50. The molecule has 3 aromatic carbocycles. The van der Waals surface area contributed by atoms with Crippen LogP contribution in [-0.4, -0.2) is 0 Å². The Labute approximate surface area is 157 Å². The summed E-state index contributed by atoms with van der Waals surface area (Å²) in [5, 5.41) is 2.72. The van der Waals surface area contributed by atoms with Gasteiger partial charge in [0.2, 0.25) is 0 Å². The van der Waals surface area contributed by atoms with Gasteiger partial charge in [-0.2, -0.15) is 0 Å². The van der Waals surface area contributed by atoms with Gasteiger partial charge in [0.25, 0.3) is 0 Å². The Bertz CT molecular complexity index is 768. The average molecular weight is 362 g/mol. The number of hydrogen-bond acceptors (Lipinski definition) is 1. The van der Waals surface area contributed by atoms with Crippen molar-refractivity contribution in [2.45, 2.75) is 40.0 Å². The van der Waals surface area contributed by atoms with Gasteiger partial charge in [-0.05, 0) is 36.0 Å². The molecule has 2 heteroatoms. The van der Waals surface area contributed by atoms with Crippen LogP contribution in [0.3, 0.4) is 0 Å². The highest BCUT2D eigenvalue weighted by atomic mass is 31.2. The molecule has 0 unspecified atom stereocenters. The van der Waals surface area contributed by atoms with E-state index in [2.05, 4.69) is 57.2 Å². The molecule has 0 fully saturated rings. The quantitative estimate of drug-likeness (QED) is 0.563. The Morgan fingerprint density at radius 1 is 0.500 bits per heavy atom. The second-order valence-electron chi connectivity index (χ2n) is 6.67. The summed E-state index contributed by atoms with van der Waals surface area (Å²) in [6.07, 6.45) is 2.96. The molecule has 0 saturated heterocycles. The van der Waals surface area contributed by atoms with Crippen molar-refractivity contribution in [1.29, 1.82) is 0 Å². The van der Waals surface area contributed by atoms with Gasteiger partial charge in [0.15, 0.2) is 7.14 Å². The van der Waals surface area contributed by atoms with Crippen LogP contribution in [0.25, 0.3) is 0 Å². The zero-order valence-electron chi connectivity index (χ0n) is 15.9. The largest absolute Gasteiger partial charge is 0.309 e. The van der Waals surface area contributed by atoms with Crippen molar-refractivity contribution in [2.75, 3.05) is 0 Å². The van der Waals surface area contributed by atoms with Gasteiger partial charge in [-0.1, -0.05) is 93.6 Å². The van der Waals surface area contributed by atoms with E-state index >= 15 is 0 Å². The maximum absolute atomic E-state index is 14.4. The molecule has 0 bridgehead atoms. The van der Waals surface area contributed by atoms with Crippen LogP contribution in [0, 0.1) is 0 Å². The van der Waals surface area contributed by atoms with Crippen LogP contribution in [0.5, 0.6) is 0 Å². The fourth-order valence-corrected chi connectivity index (χ4v) is 5.87. The minimum Gasteiger partial charge on any atom is -0.309 e. The summed E-state index contributed by atoms with van der Waals surface area (Å²) >= 11 is 0. The summed E-state index contributed by atoms with van der Waals surface area (Å²) < 4.78 is 14.4. The Morgan fingerprint density at radius 2 is 0.731 bits per heavy atom. The fraction of sp³-hybridized carbons (Fsp3) is 0.250. The van der Waals surface area contributed by atoms with Crippen molar-refractivity contribution >= 4 is 23.1 Å². The van der Waals surface area contributed by atoms with Gasteiger partial charge in [0.05, 0.1) is 0 Å². The number of rotatable bonds is 6. The summed E-state index contributed by atoms with van der Waals surface area (Å²) in [6, 6.07) is 24.9. The SMILES string of the molecule is CCc1ccc(P(=O)(c2ccc(CC)cc2)c2ccc(CC)cc2)cc1. The molecule has 134 valence electrons. The third-order valence-electron chi connectivity index (χ3n) is 5.12. The van der Waals surface area contributed by atoms with Crippen LogP contribution in [0.2, 0.25) is 0 Å². The molecule has 26 heavy (non-hydrogen) atoms. The van der Waals surface area contributed by atoms with Crippen LogP contribution in [0.4, 0.5) is 0 Å². The molecule has 0 aliphatic rings. The zero-order chi connectivity index (χ0) is 18.6. The molecule has 0 spiro atoms. The smallest absolute Gasteiger partial charge is 0.171 e. The molecule has 0 amide bonds. The van der Waals surface area contributed by atoms with E-state index in [0.29, 0.717) is 0 Å². The second kappa shape index (κ2) is 8.06. The first-order chi connectivity index (χ1) is 12.6. The molecule has 0 atom stereocenters. The van der Waals surface area contributed by atoms with E-state index in [4.69, 9.17) is 0 Å². The molecule has 0 aliphatic heterocycles. The molecule has 0 aromatic heterocycles. The summed E-state index contributed by atoms with van der Waals surface area (Å²) in [6.45, 7) is 6.42. The van der Waals surface area contributed by atoms with Crippen molar-refractivity contribution in [3.8, 4) is 0 Å². The van der Waals surface area contributed by atoms with E-state index in [1.807, 2.05) is 36.4 Å². The monoisotopic (exact) mass is 362 g/mol. The summed E-state index contributed by atoms with van der Waals surface area (Å²) in [5.41, 5.74) is 3.80. The highest BCUT2D eigenvalue weighted by Gasteiger charge is 2.29. The predicted molar refractivity (Wildman–Crippen MR) is 114 cm³/mol. The Balaban J connectivity index is 2.16. The molecule has 0 radical (unpaired) electrons. The minimum atomic E-state index is -2.87. The first-order valence-corrected chi connectivity index (χ1v) is 11.2. The van der Waals surface area contributed by atoms with E-state index in [9.17, 15) is 4.57 Å². The molecule has 1 nitrogen and oxygen atoms in total. The summed E-state index contributed by atoms with van der Waals surface area (Å²) in [4.78, 5) is 0. The first kappa shape index (κ1) is 18.7. The van der Waals surface area contributed by atoms with Gasteiger partial charge >= 0.3 is 0 Å². The highest BCUT2D eigenvalue weighted by molar-refractivity contribution is 7.85. The number of hydrogen-bond donors (Lipinski definition) is 0. The van der Waals surface area contributed by atoms with Gasteiger partial charge in [-0.3, -0.25) is 0 Å². The van der Waals surface area contributed by atoms with Crippen LogP contribution in [0.15, 0.2) is 72.8 Å². The van der Waals surface area contributed by atoms with Crippen LogP contribution in [-0.2, 0) is 23.8 Å². The van der Waals surface area contributed by atoms with Gasteiger partial charge in [0, 0.05) is 15.9 Å². The lowest BCUT2D eigenvalue weighted by Gasteiger charge is -2.21. The van der Waals surface area contributed by atoms with Crippen molar-refractivity contribution in [3.05, 3.63) is 89.5 Å². The van der Waals surface area contributed by atoms with Gasteiger partial charge in [-0.25, -0.2) is 0 Å². The third kappa shape index (κ3) is 3.55. The zero-order valence-corrected chi connectivity index (χ0v) is 16.8. The maximum atomic E-state index is 14.4. The van der Waals surface area contributed by atoms with Crippen molar-refractivity contribution < 1.29 is 4.57 Å². The normalized spacial score (nSPS) is 11.5. The summed E-state index contributed by atoms with van der Waals surface area (Å²) in [7, 11) is -2.87. The van der Waals surface area contributed by atoms with Crippen LogP contribution >= 0.6 is 7.14 Å². The Kier molecular flexibility index (Phi) is 5.79. The molecular weight excluding hydrogens is 335 g/mol. The fourth-order valence-electron chi connectivity index (χ4n) is 3.27. The van der Waals surface area contributed by atoms with E-state index in [-0.39, 0.29) is 0 Å². The number of benzene rings is 3. The lowest BCUT2D eigenvalue weighted by atomic mass is 10.2. The second-order valence-corrected chi connectivity index (χ2v) is 9.44. The maximum Gasteiger partial charge on any atom is 0.171 e. The highest BCUT2D eigenvalue weighted by Crippen LogP contribution is 2.42.